The Morgan fingerprint density at radius 2 is 2.19 bits per heavy atom. The van der Waals surface area contributed by atoms with Gasteiger partial charge < -0.3 is 5.32 Å². The molecule has 21 heavy (non-hydrogen) atoms. The smallest absolute Gasteiger partial charge is 0.137 e. The van der Waals surface area contributed by atoms with Crippen LogP contribution in [0, 0.1) is 6.92 Å². The van der Waals surface area contributed by atoms with E-state index in [1.165, 1.54) is 37.0 Å². The maximum Gasteiger partial charge on any atom is 0.137 e. The summed E-state index contributed by atoms with van der Waals surface area (Å²) in [6.45, 7) is 2.81. The van der Waals surface area contributed by atoms with Crippen molar-refractivity contribution in [1.29, 1.82) is 0 Å². The van der Waals surface area contributed by atoms with Crippen molar-refractivity contribution in [1.82, 2.24) is 9.97 Å². The van der Waals surface area contributed by atoms with Gasteiger partial charge in [-0.3, -0.25) is 0 Å². The Kier molecular flexibility index (Phi) is 3.38. The van der Waals surface area contributed by atoms with Crippen molar-refractivity contribution in [2.24, 2.45) is 0 Å². The minimum absolute atomic E-state index is 0.522. The van der Waals surface area contributed by atoms with Crippen molar-refractivity contribution in [3.8, 4) is 0 Å². The van der Waals surface area contributed by atoms with E-state index >= 15 is 0 Å². The number of rotatable bonds is 4. The van der Waals surface area contributed by atoms with Crippen LogP contribution >= 0.6 is 22.9 Å². The van der Waals surface area contributed by atoms with E-state index in [-0.39, 0.29) is 0 Å². The molecule has 2 aliphatic rings. The van der Waals surface area contributed by atoms with E-state index in [1.54, 1.807) is 10.4 Å². The first-order valence-electron chi connectivity index (χ1n) is 7.59. The number of halogens is 1. The molecule has 0 aliphatic heterocycles. The average Bonchev–Trinajstić information content (AvgIpc) is 3.10. The van der Waals surface area contributed by atoms with Crippen LogP contribution in [0.2, 0.25) is 5.15 Å². The third-order valence-electron chi connectivity index (χ3n) is 4.27. The maximum atomic E-state index is 6.24. The van der Waals surface area contributed by atoms with Crippen LogP contribution in [0.5, 0.6) is 0 Å². The van der Waals surface area contributed by atoms with E-state index in [0.29, 0.717) is 11.1 Å². The third-order valence-corrected chi connectivity index (χ3v) is 5.88. The lowest BCUT2D eigenvalue weighted by Gasteiger charge is -2.10. The first-order valence-corrected chi connectivity index (χ1v) is 8.78. The lowest BCUT2D eigenvalue weighted by atomic mass is 10.2. The molecule has 0 aromatic carbocycles. The van der Waals surface area contributed by atoms with Gasteiger partial charge in [0.05, 0.1) is 6.54 Å². The molecule has 0 saturated heterocycles. The molecule has 0 bridgehead atoms. The number of anilines is 1. The molecule has 4 rings (SSSR count). The monoisotopic (exact) mass is 319 g/mol. The summed E-state index contributed by atoms with van der Waals surface area (Å²) in [5.74, 6) is 2.32. The topological polar surface area (TPSA) is 37.8 Å². The summed E-state index contributed by atoms with van der Waals surface area (Å²) in [4.78, 5) is 12.0. The zero-order valence-electron chi connectivity index (χ0n) is 12.1. The molecule has 1 fully saturated rings. The molecule has 5 heteroatoms. The van der Waals surface area contributed by atoms with E-state index in [2.05, 4.69) is 21.4 Å². The molecule has 2 aliphatic carbocycles. The molecule has 0 atom stereocenters. The Bertz CT molecular complexity index is 670. The van der Waals surface area contributed by atoms with Gasteiger partial charge in [-0.15, -0.1) is 11.3 Å². The molecule has 0 amide bonds. The van der Waals surface area contributed by atoms with E-state index in [4.69, 9.17) is 11.6 Å². The van der Waals surface area contributed by atoms with Crippen molar-refractivity contribution in [2.45, 2.75) is 51.5 Å². The van der Waals surface area contributed by atoms with Crippen LogP contribution < -0.4 is 5.32 Å². The summed E-state index contributed by atoms with van der Waals surface area (Å²) in [7, 11) is 0. The van der Waals surface area contributed by atoms with Crippen molar-refractivity contribution in [2.75, 3.05) is 5.32 Å². The highest BCUT2D eigenvalue weighted by Gasteiger charge is 2.28. The molecule has 3 nitrogen and oxygen atoms in total. The Balaban J connectivity index is 1.53. The molecular formula is C16H18ClN3S. The molecule has 2 heterocycles. The minimum Gasteiger partial charge on any atom is -0.365 e. The first-order chi connectivity index (χ1) is 10.2. The van der Waals surface area contributed by atoms with Crippen molar-refractivity contribution >= 4 is 28.8 Å². The highest BCUT2D eigenvalue weighted by molar-refractivity contribution is 7.12. The zero-order chi connectivity index (χ0) is 14.4. The highest BCUT2D eigenvalue weighted by Crippen LogP contribution is 2.39. The average molecular weight is 320 g/mol. The van der Waals surface area contributed by atoms with Gasteiger partial charge >= 0.3 is 0 Å². The van der Waals surface area contributed by atoms with Gasteiger partial charge in [0.25, 0.3) is 0 Å². The molecule has 0 unspecified atom stereocenters. The largest absolute Gasteiger partial charge is 0.365 e. The second kappa shape index (κ2) is 5.25. The molecular weight excluding hydrogens is 302 g/mol. The predicted octanol–water partition coefficient (Wildman–Crippen LogP) is 4.48. The standard InChI is InChI=1S/C16H18ClN3S/c1-9-14(17)19-16(10-5-6-10)20-15(9)18-8-12-7-11-3-2-4-13(11)21-12/h7,10H,2-6,8H2,1H3,(H,18,19,20). The van der Waals surface area contributed by atoms with Crippen molar-refractivity contribution < 1.29 is 0 Å². The lowest BCUT2D eigenvalue weighted by molar-refractivity contribution is 0.909. The Morgan fingerprint density at radius 1 is 1.33 bits per heavy atom. The fraction of sp³-hybridized carbons (Fsp3) is 0.500. The van der Waals surface area contributed by atoms with Gasteiger partial charge in [0.15, 0.2) is 0 Å². The molecule has 110 valence electrons. The van der Waals surface area contributed by atoms with E-state index in [9.17, 15) is 0 Å². The Morgan fingerprint density at radius 3 is 2.95 bits per heavy atom. The number of nitrogens with zero attached hydrogens (tertiary/aromatic N) is 2. The van der Waals surface area contributed by atoms with Gasteiger partial charge in [0.1, 0.15) is 16.8 Å². The number of aromatic nitrogens is 2. The molecule has 2 aromatic heterocycles. The Labute approximate surface area is 133 Å². The minimum atomic E-state index is 0.522. The van der Waals surface area contributed by atoms with Crippen LogP contribution in [0.1, 0.15) is 51.9 Å². The summed E-state index contributed by atoms with van der Waals surface area (Å²) in [6.07, 6.45) is 6.20. The van der Waals surface area contributed by atoms with Crippen molar-refractivity contribution in [3.05, 3.63) is 37.9 Å². The number of aryl methyl sites for hydroxylation is 2. The second-order valence-electron chi connectivity index (χ2n) is 5.99. The van der Waals surface area contributed by atoms with Gasteiger partial charge in [0.2, 0.25) is 0 Å². The lowest BCUT2D eigenvalue weighted by Crippen LogP contribution is -2.06. The van der Waals surface area contributed by atoms with Gasteiger partial charge in [0, 0.05) is 21.2 Å². The first kappa shape index (κ1) is 13.5. The predicted molar refractivity (Wildman–Crippen MR) is 87.4 cm³/mol. The molecule has 1 saturated carbocycles. The Hall–Kier alpha value is -1.13. The molecule has 1 N–H and O–H groups in total. The summed E-state index contributed by atoms with van der Waals surface area (Å²) in [6, 6.07) is 2.35. The maximum absolute atomic E-state index is 6.24. The summed E-state index contributed by atoms with van der Waals surface area (Å²) in [5.41, 5.74) is 2.50. The van der Waals surface area contributed by atoms with Crippen LogP contribution in [-0.4, -0.2) is 9.97 Å². The van der Waals surface area contributed by atoms with Crippen molar-refractivity contribution in [3.63, 3.8) is 0 Å². The van der Waals surface area contributed by atoms with Crippen LogP contribution in [-0.2, 0) is 19.4 Å². The number of thiophene rings is 1. The van der Waals surface area contributed by atoms with E-state index in [0.717, 1.165) is 23.8 Å². The quantitative estimate of drug-likeness (QED) is 0.844. The number of hydrogen-bond acceptors (Lipinski definition) is 4. The van der Waals surface area contributed by atoms with Gasteiger partial charge in [-0.25, -0.2) is 9.97 Å². The summed E-state index contributed by atoms with van der Waals surface area (Å²) < 4.78 is 0. The second-order valence-corrected chi connectivity index (χ2v) is 7.57. The molecule has 0 radical (unpaired) electrons. The number of fused-ring (bicyclic) bond motifs is 1. The zero-order valence-corrected chi connectivity index (χ0v) is 13.7. The molecule has 2 aromatic rings. The molecule has 0 spiro atoms. The van der Waals surface area contributed by atoms with Crippen LogP contribution in [0.15, 0.2) is 6.07 Å². The number of nitrogens with one attached hydrogen (secondary N) is 1. The van der Waals surface area contributed by atoms with E-state index in [1.807, 2.05) is 18.3 Å². The van der Waals surface area contributed by atoms with Crippen LogP contribution in [0.25, 0.3) is 0 Å². The fourth-order valence-electron chi connectivity index (χ4n) is 2.85. The van der Waals surface area contributed by atoms with Crippen LogP contribution in [0.3, 0.4) is 0 Å². The summed E-state index contributed by atoms with van der Waals surface area (Å²) >= 11 is 8.18. The van der Waals surface area contributed by atoms with Gasteiger partial charge in [-0.05, 0) is 50.7 Å². The highest BCUT2D eigenvalue weighted by atomic mass is 35.5. The summed E-state index contributed by atoms with van der Waals surface area (Å²) in [5, 5.41) is 4.04. The van der Waals surface area contributed by atoms with Gasteiger partial charge in [-0.1, -0.05) is 11.6 Å². The van der Waals surface area contributed by atoms with Crippen LogP contribution in [0.4, 0.5) is 5.82 Å². The van der Waals surface area contributed by atoms with Gasteiger partial charge in [-0.2, -0.15) is 0 Å². The third kappa shape index (κ3) is 2.67. The fourth-order valence-corrected chi connectivity index (χ4v) is 4.23. The normalized spacial score (nSPS) is 17.0. The van der Waals surface area contributed by atoms with E-state index < -0.39 is 0 Å². The number of hydrogen-bond donors (Lipinski definition) is 1. The SMILES string of the molecule is Cc1c(Cl)nc(C2CC2)nc1NCc1cc2c(s1)CCC2.